The third-order valence-corrected chi connectivity index (χ3v) is 3.10. The minimum Gasteiger partial charge on any atom is -0.324 e. The summed E-state index contributed by atoms with van der Waals surface area (Å²) in [5.74, 6) is 0. The van der Waals surface area contributed by atoms with Gasteiger partial charge in [-0.15, -0.1) is 0 Å². The van der Waals surface area contributed by atoms with E-state index in [1.165, 1.54) is 0 Å². The lowest BCUT2D eigenvalue weighted by Gasteiger charge is -2.11. The van der Waals surface area contributed by atoms with E-state index in [4.69, 9.17) is 17.3 Å². The molecular formula is C10H15ClN2O2S. The number of nitrogens with one attached hydrogen (secondary N) is 1. The zero-order valence-electron chi connectivity index (χ0n) is 8.98. The zero-order valence-corrected chi connectivity index (χ0v) is 10.6. The molecule has 6 heteroatoms. The quantitative estimate of drug-likeness (QED) is 0.840. The van der Waals surface area contributed by atoms with Gasteiger partial charge in [-0.2, -0.15) is 0 Å². The average Bonchev–Trinajstić information content (AvgIpc) is 2.16. The first kappa shape index (κ1) is 13.4. The molecule has 1 aromatic carbocycles. The molecule has 4 nitrogen and oxygen atoms in total. The van der Waals surface area contributed by atoms with Crippen molar-refractivity contribution in [3.8, 4) is 0 Å². The molecule has 0 fully saturated rings. The number of hydrogen-bond donors (Lipinski definition) is 2. The highest BCUT2D eigenvalue weighted by Gasteiger charge is 2.07. The van der Waals surface area contributed by atoms with E-state index in [1.807, 2.05) is 12.1 Å². The summed E-state index contributed by atoms with van der Waals surface area (Å²) < 4.78 is 24.0. The molecule has 0 radical (unpaired) electrons. The van der Waals surface area contributed by atoms with E-state index in [2.05, 4.69) is 4.72 Å². The van der Waals surface area contributed by atoms with Gasteiger partial charge in [0.25, 0.3) is 0 Å². The topological polar surface area (TPSA) is 72.2 Å². The maximum absolute atomic E-state index is 10.8. The molecule has 0 amide bonds. The fourth-order valence-electron chi connectivity index (χ4n) is 1.28. The van der Waals surface area contributed by atoms with Gasteiger partial charge in [0.1, 0.15) is 0 Å². The second-order valence-electron chi connectivity index (χ2n) is 3.61. The molecule has 3 N–H and O–H groups in total. The van der Waals surface area contributed by atoms with Gasteiger partial charge >= 0.3 is 0 Å². The normalized spacial score (nSPS) is 13.7. The van der Waals surface area contributed by atoms with Crippen molar-refractivity contribution >= 4 is 21.6 Å². The molecule has 0 saturated carbocycles. The molecule has 0 aromatic heterocycles. The second kappa shape index (κ2) is 5.63. The first-order valence-electron chi connectivity index (χ1n) is 4.84. The third kappa shape index (κ3) is 4.94. The van der Waals surface area contributed by atoms with Crippen LogP contribution < -0.4 is 10.5 Å². The van der Waals surface area contributed by atoms with E-state index in [0.717, 1.165) is 11.8 Å². The fraction of sp³-hybridized carbons (Fsp3) is 0.400. The molecule has 0 aliphatic rings. The minimum atomic E-state index is -3.14. The summed E-state index contributed by atoms with van der Waals surface area (Å²) in [7, 11) is -3.14. The Balaban J connectivity index is 2.47. The van der Waals surface area contributed by atoms with Crippen molar-refractivity contribution in [2.24, 2.45) is 5.73 Å². The smallest absolute Gasteiger partial charge is 0.208 e. The van der Waals surface area contributed by atoms with Crippen LogP contribution in [0.1, 0.15) is 18.0 Å². The van der Waals surface area contributed by atoms with Crippen LogP contribution in [0.15, 0.2) is 24.3 Å². The van der Waals surface area contributed by atoms with E-state index >= 15 is 0 Å². The van der Waals surface area contributed by atoms with Gasteiger partial charge in [-0.05, 0) is 24.1 Å². The van der Waals surface area contributed by atoms with Crippen LogP contribution in [-0.4, -0.2) is 21.2 Å². The Kier molecular flexibility index (Phi) is 4.73. The highest BCUT2D eigenvalue weighted by atomic mass is 35.5. The summed E-state index contributed by atoms with van der Waals surface area (Å²) in [6, 6.07) is 7.02. The van der Waals surface area contributed by atoms with Crippen LogP contribution in [0.4, 0.5) is 0 Å². The molecule has 0 heterocycles. The molecule has 16 heavy (non-hydrogen) atoms. The Hall–Kier alpha value is -0.620. The Morgan fingerprint density at radius 3 is 2.44 bits per heavy atom. The van der Waals surface area contributed by atoms with Gasteiger partial charge in [-0.1, -0.05) is 23.7 Å². The van der Waals surface area contributed by atoms with Gasteiger partial charge in [-0.3, -0.25) is 0 Å². The highest BCUT2D eigenvalue weighted by Crippen LogP contribution is 2.16. The molecule has 1 atom stereocenters. The molecule has 1 aromatic rings. The van der Waals surface area contributed by atoms with Crippen molar-refractivity contribution in [1.29, 1.82) is 0 Å². The standard InChI is InChI=1S/C10H15ClN2O2S/c1-16(14,15)13-7-6-10(12)8-2-4-9(11)5-3-8/h2-5,10,13H,6-7,12H2,1H3. The lowest BCUT2D eigenvalue weighted by molar-refractivity contribution is 0.575. The van der Waals surface area contributed by atoms with Crippen LogP contribution >= 0.6 is 11.6 Å². The molecule has 0 bridgehead atoms. The Morgan fingerprint density at radius 1 is 1.38 bits per heavy atom. The van der Waals surface area contributed by atoms with Gasteiger partial charge in [0.2, 0.25) is 10.0 Å². The maximum atomic E-state index is 10.8. The van der Waals surface area contributed by atoms with Crippen LogP contribution in [0.25, 0.3) is 0 Å². The number of hydrogen-bond acceptors (Lipinski definition) is 3. The maximum Gasteiger partial charge on any atom is 0.208 e. The molecule has 90 valence electrons. The van der Waals surface area contributed by atoms with Crippen molar-refractivity contribution < 1.29 is 8.42 Å². The van der Waals surface area contributed by atoms with Crippen LogP contribution in [-0.2, 0) is 10.0 Å². The van der Waals surface area contributed by atoms with Gasteiger partial charge in [0.15, 0.2) is 0 Å². The van der Waals surface area contributed by atoms with E-state index in [0.29, 0.717) is 18.0 Å². The predicted octanol–water partition coefficient (Wildman–Crippen LogP) is 1.28. The summed E-state index contributed by atoms with van der Waals surface area (Å²) in [6.07, 6.45) is 1.68. The van der Waals surface area contributed by atoms with Crippen LogP contribution in [0.3, 0.4) is 0 Å². The van der Waals surface area contributed by atoms with Gasteiger partial charge in [0, 0.05) is 17.6 Å². The van der Waals surface area contributed by atoms with Gasteiger partial charge in [-0.25, -0.2) is 13.1 Å². The average molecular weight is 263 g/mol. The largest absolute Gasteiger partial charge is 0.324 e. The van der Waals surface area contributed by atoms with Crippen molar-refractivity contribution in [3.05, 3.63) is 34.9 Å². The van der Waals surface area contributed by atoms with Crippen LogP contribution in [0.5, 0.6) is 0 Å². The summed E-state index contributed by atoms with van der Waals surface area (Å²) >= 11 is 5.75. The van der Waals surface area contributed by atoms with Crippen LogP contribution in [0.2, 0.25) is 5.02 Å². The minimum absolute atomic E-state index is 0.188. The number of nitrogens with two attached hydrogens (primary N) is 1. The number of halogens is 1. The predicted molar refractivity (Wildman–Crippen MR) is 65.8 cm³/mol. The molecule has 1 unspecified atom stereocenters. The van der Waals surface area contributed by atoms with E-state index in [1.54, 1.807) is 12.1 Å². The molecule has 0 saturated heterocycles. The molecule has 1 rings (SSSR count). The lowest BCUT2D eigenvalue weighted by Crippen LogP contribution is -2.26. The summed E-state index contributed by atoms with van der Waals surface area (Å²) in [5.41, 5.74) is 6.84. The van der Waals surface area contributed by atoms with Crippen molar-refractivity contribution in [2.45, 2.75) is 12.5 Å². The van der Waals surface area contributed by atoms with Gasteiger partial charge < -0.3 is 5.73 Å². The highest BCUT2D eigenvalue weighted by molar-refractivity contribution is 7.88. The first-order chi connectivity index (χ1) is 7.38. The Morgan fingerprint density at radius 2 is 1.94 bits per heavy atom. The fourth-order valence-corrected chi connectivity index (χ4v) is 1.89. The van der Waals surface area contributed by atoms with Crippen molar-refractivity contribution in [3.63, 3.8) is 0 Å². The van der Waals surface area contributed by atoms with E-state index < -0.39 is 10.0 Å². The number of rotatable bonds is 5. The Labute approximate surface area is 101 Å². The van der Waals surface area contributed by atoms with E-state index in [-0.39, 0.29) is 6.04 Å². The lowest BCUT2D eigenvalue weighted by atomic mass is 10.1. The SMILES string of the molecule is CS(=O)(=O)NCCC(N)c1ccc(Cl)cc1. The number of benzene rings is 1. The van der Waals surface area contributed by atoms with Crippen molar-refractivity contribution in [2.75, 3.05) is 12.8 Å². The second-order valence-corrected chi connectivity index (χ2v) is 5.88. The first-order valence-corrected chi connectivity index (χ1v) is 7.11. The van der Waals surface area contributed by atoms with Crippen LogP contribution in [0, 0.1) is 0 Å². The summed E-state index contributed by atoms with van der Waals surface area (Å²) in [5, 5.41) is 0.658. The number of sulfonamides is 1. The molecule has 0 aliphatic heterocycles. The van der Waals surface area contributed by atoms with E-state index in [9.17, 15) is 8.42 Å². The van der Waals surface area contributed by atoms with Gasteiger partial charge in [0.05, 0.1) is 6.26 Å². The molecule has 0 spiro atoms. The monoisotopic (exact) mass is 262 g/mol. The molecule has 0 aliphatic carbocycles. The third-order valence-electron chi connectivity index (χ3n) is 2.12. The van der Waals surface area contributed by atoms with Crippen molar-refractivity contribution in [1.82, 2.24) is 4.72 Å². The summed E-state index contributed by atoms with van der Waals surface area (Å²) in [6.45, 7) is 0.336. The summed E-state index contributed by atoms with van der Waals surface area (Å²) in [4.78, 5) is 0. The Bertz CT molecular complexity index is 431. The molecular weight excluding hydrogens is 248 g/mol. The zero-order chi connectivity index (χ0) is 12.2.